The number of nitrogens with zero attached hydrogens (tertiary/aromatic N) is 4. The van der Waals surface area contributed by atoms with Crippen molar-refractivity contribution in [1.82, 2.24) is 19.7 Å². The smallest absolute Gasteiger partial charge is 0.191 e. The quantitative estimate of drug-likeness (QED) is 0.833. The Balaban J connectivity index is 2.24. The number of aryl methyl sites for hydroxylation is 1. The molecule has 0 saturated heterocycles. The molecule has 0 bridgehead atoms. The van der Waals surface area contributed by atoms with Gasteiger partial charge in [-0.2, -0.15) is 0 Å². The number of hydrogen-bond acceptors (Lipinski definition) is 5. The van der Waals surface area contributed by atoms with Gasteiger partial charge in [-0.15, -0.1) is 10.2 Å². The zero-order valence-corrected chi connectivity index (χ0v) is 11.3. The average molecular weight is 263 g/mol. The first-order valence-corrected chi connectivity index (χ1v) is 6.77. The summed E-state index contributed by atoms with van der Waals surface area (Å²) in [6, 6.07) is 5.94. The summed E-state index contributed by atoms with van der Waals surface area (Å²) in [6.45, 7) is 2.08. The molecule has 0 aliphatic rings. The van der Waals surface area contributed by atoms with Crippen LogP contribution in [0.3, 0.4) is 0 Å². The van der Waals surface area contributed by atoms with Gasteiger partial charge in [-0.3, -0.25) is 4.98 Å². The minimum atomic E-state index is 0.0431. The number of nitrogens with two attached hydrogens (primary N) is 1. The van der Waals surface area contributed by atoms with E-state index in [2.05, 4.69) is 22.1 Å². The maximum Gasteiger partial charge on any atom is 0.191 e. The molecule has 2 unspecified atom stereocenters. The molecular formula is C12H17N5S. The van der Waals surface area contributed by atoms with Crippen LogP contribution in [0.4, 0.5) is 0 Å². The second-order valence-electron chi connectivity index (χ2n) is 4.09. The fourth-order valence-electron chi connectivity index (χ4n) is 1.62. The molecule has 0 amide bonds. The van der Waals surface area contributed by atoms with E-state index in [1.54, 1.807) is 24.3 Å². The van der Waals surface area contributed by atoms with Gasteiger partial charge >= 0.3 is 0 Å². The van der Waals surface area contributed by atoms with Crippen molar-refractivity contribution in [3.05, 3.63) is 36.4 Å². The summed E-state index contributed by atoms with van der Waals surface area (Å²) in [5.41, 5.74) is 7.18. The summed E-state index contributed by atoms with van der Waals surface area (Å²) in [5, 5.41) is 8.93. The van der Waals surface area contributed by atoms with Gasteiger partial charge in [-0.05, 0) is 18.6 Å². The SMILES string of the molecule is CCC(N)C(Sc1nncn1C)c1ccccn1. The Morgan fingerprint density at radius 2 is 2.28 bits per heavy atom. The van der Waals surface area contributed by atoms with Crippen LogP contribution in [0.1, 0.15) is 24.3 Å². The molecule has 0 saturated carbocycles. The first kappa shape index (κ1) is 13.0. The topological polar surface area (TPSA) is 69.6 Å². The van der Waals surface area contributed by atoms with Crippen LogP contribution in [0.25, 0.3) is 0 Å². The van der Waals surface area contributed by atoms with Crippen LogP contribution in [0, 0.1) is 0 Å². The third-order valence-electron chi connectivity index (χ3n) is 2.74. The predicted octanol–water partition coefficient (Wildman–Crippen LogP) is 1.78. The van der Waals surface area contributed by atoms with Crippen LogP contribution in [-0.4, -0.2) is 25.8 Å². The number of rotatable bonds is 5. The summed E-state index contributed by atoms with van der Waals surface area (Å²) in [6.07, 6.45) is 4.38. The second-order valence-corrected chi connectivity index (χ2v) is 5.20. The van der Waals surface area contributed by atoms with E-state index in [9.17, 15) is 0 Å². The molecule has 5 nitrogen and oxygen atoms in total. The monoisotopic (exact) mass is 263 g/mol. The van der Waals surface area contributed by atoms with Gasteiger partial charge in [0.15, 0.2) is 5.16 Å². The highest BCUT2D eigenvalue weighted by molar-refractivity contribution is 7.99. The fourth-order valence-corrected chi connectivity index (χ4v) is 2.78. The Morgan fingerprint density at radius 3 is 2.83 bits per heavy atom. The van der Waals surface area contributed by atoms with Crippen molar-refractivity contribution in [3.63, 3.8) is 0 Å². The number of pyridine rings is 1. The maximum atomic E-state index is 6.20. The van der Waals surface area contributed by atoms with Crippen LogP contribution in [-0.2, 0) is 7.05 Å². The van der Waals surface area contributed by atoms with Crippen LogP contribution >= 0.6 is 11.8 Å². The van der Waals surface area contributed by atoms with Crippen molar-refractivity contribution < 1.29 is 0 Å². The number of aromatic nitrogens is 4. The zero-order valence-electron chi connectivity index (χ0n) is 10.5. The summed E-state index contributed by atoms with van der Waals surface area (Å²) in [7, 11) is 1.93. The van der Waals surface area contributed by atoms with E-state index >= 15 is 0 Å². The molecule has 2 heterocycles. The molecule has 2 aromatic heterocycles. The van der Waals surface area contributed by atoms with Gasteiger partial charge in [-0.1, -0.05) is 24.8 Å². The van der Waals surface area contributed by atoms with Crippen molar-refractivity contribution >= 4 is 11.8 Å². The molecule has 2 aromatic rings. The Morgan fingerprint density at radius 1 is 1.44 bits per heavy atom. The van der Waals surface area contributed by atoms with Crippen molar-refractivity contribution in [3.8, 4) is 0 Å². The van der Waals surface area contributed by atoms with Crippen LogP contribution in [0.5, 0.6) is 0 Å². The van der Waals surface area contributed by atoms with Gasteiger partial charge < -0.3 is 10.3 Å². The highest BCUT2D eigenvalue weighted by Crippen LogP contribution is 2.35. The minimum absolute atomic E-state index is 0.0431. The molecule has 96 valence electrons. The third kappa shape index (κ3) is 2.88. The van der Waals surface area contributed by atoms with Gasteiger partial charge in [0, 0.05) is 19.3 Å². The van der Waals surface area contributed by atoms with Crippen molar-refractivity contribution in [2.45, 2.75) is 29.8 Å². The summed E-state index contributed by atoms with van der Waals surface area (Å²) >= 11 is 1.61. The molecule has 18 heavy (non-hydrogen) atoms. The first-order valence-electron chi connectivity index (χ1n) is 5.89. The minimum Gasteiger partial charge on any atom is -0.326 e. The second kappa shape index (κ2) is 5.97. The van der Waals surface area contributed by atoms with Crippen molar-refractivity contribution in [2.24, 2.45) is 12.8 Å². The lowest BCUT2D eigenvalue weighted by atomic mass is 10.1. The summed E-state index contributed by atoms with van der Waals surface area (Å²) < 4.78 is 1.89. The molecule has 0 aliphatic heterocycles. The predicted molar refractivity (Wildman–Crippen MR) is 72.1 cm³/mol. The zero-order chi connectivity index (χ0) is 13.0. The van der Waals surface area contributed by atoms with E-state index in [4.69, 9.17) is 5.73 Å². The number of hydrogen-bond donors (Lipinski definition) is 1. The van der Waals surface area contributed by atoms with Crippen molar-refractivity contribution in [2.75, 3.05) is 0 Å². The Labute approximate surface area is 111 Å². The summed E-state index contributed by atoms with van der Waals surface area (Å²) in [5.74, 6) is 0. The largest absolute Gasteiger partial charge is 0.326 e. The van der Waals surface area contributed by atoms with Crippen LogP contribution in [0.2, 0.25) is 0 Å². The fraction of sp³-hybridized carbons (Fsp3) is 0.417. The Bertz CT molecular complexity index is 484. The van der Waals surface area contributed by atoms with Gasteiger partial charge in [0.2, 0.25) is 0 Å². The van der Waals surface area contributed by atoms with E-state index in [0.717, 1.165) is 17.3 Å². The molecule has 2 rings (SSSR count). The molecule has 0 aromatic carbocycles. The van der Waals surface area contributed by atoms with Crippen LogP contribution < -0.4 is 5.73 Å². The molecule has 0 spiro atoms. The van der Waals surface area contributed by atoms with E-state index in [1.807, 2.05) is 29.8 Å². The van der Waals surface area contributed by atoms with Gasteiger partial charge in [0.1, 0.15) is 6.33 Å². The Hall–Kier alpha value is -1.40. The highest BCUT2D eigenvalue weighted by atomic mass is 32.2. The molecule has 0 fully saturated rings. The van der Waals surface area contributed by atoms with Gasteiger partial charge in [0.25, 0.3) is 0 Å². The highest BCUT2D eigenvalue weighted by Gasteiger charge is 2.22. The third-order valence-corrected chi connectivity index (χ3v) is 4.17. The normalized spacial score (nSPS) is 14.4. The number of thioether (sulfide) groups is 1. The molecule has 0 radical (unpaired) electrons. The van der Waals surface area contributed by atoms with Crippen LogP contribution in [0.15, 0.2) is 35.9 Å². The van der Waals surface area contributed by atoms with Crippen molar-refractivity contribution in [1.29, 1.82) is 0 Å². The van der Waals surface area contributed by atoms with E-state index in [0.29, 0.717) is 0 Å². The van der Waals surface area contributed by atoms with E-state index in [-0.39, 0.29) is 11.3 Å². The standard InChI is InChI=1S/C12H17N5S/c1-3-9(13)11(10-6-4-5-7-14-10)18-12-16-15-8-17(12)2/h4-9,11H,3,13H2,1-2H3. The lowest BCUT2D eigenvalue weighted by Crippen LogP contribution is -2.26. The van der Waals surface area contributed by atoms with Gasteiger partial charge in [0.05, 0.1) is 10.9 Å². The maximum absolute atomic E-state index is 6.20. The van der Waals surface area contributed by atoms with E-state index < -0.39 is 0 Å². The van der Waals surface area contributed by atoms with Gasteiger partial charge in [-0.25, -0.2) is 0 Å². The lowest BCUT2D eigenvalue weighted by Gasteiger charge is -2.21. The molecule has 2 N–H and O–H groups in total. The lowest BCUT2D eigenvalue weighted by molar-refractivity contribution is 0.620. The molecule has 2 atom stereocenters. The molecular weight excluding hydrogens is 246 g/mol. The van der Waals surface area contributed by atoms with E-state index in [1.165, 1.54) is 0 Å². The average Bonchev–Trinajstić information content (AvgIpc) is 2.81. The first-order chi connectivity index (χ1) is 8.72. The molecule has 0 aliphatic carbocycles. The summed E-state index contributed by atoms with van der Waals surface area (Å²) in [4.78, 5) is 4.40. The Kier molecular flexibility index (Phi) is 4.33. The molecule has 6 heteroatoms.